The summed E-state index contributed by atoms with van der Waals surface area (Å²) in [5.74, 6) is 0. The van der Waals surface area contributed by atoms with Gasteiger partial charge in [0.05, 0.1) is 5.71 Å². The van der Waals surface area contributed by atoms with Gasteiger partial charge >= 0.3 is 0 Å². The van der Waals surface area contributed by atoms with Gasteiger partial charge in [0.25, 0.3) is 0 Å². The largest absolute Gasteiger partial charge is 0.411 e. The second-order valence-corrected chi connectivity index (χ2v) is 5.26. The second kappa shape index (κ2) is 6.96. The number of hydrogen-bond donors (Lipinski definition) is 1. The second-order valence-electron chi connectivity index (χ2n) is 4.38. The Morgan fingerprint density at radius 3 is 2.25 bits per heavy atom. The van der Waals surface area contributed by atoms with Crippen LogP contribution in [0.5, 0.6) is 0 Å². The van der Waals surface area contributed by atoms with Crippen LogP contribution in [0, 0.1) is 0 Å². The molecule has 102 valence electrons. The van der Waals surface area contributed by atoms with E-state index in [1.807, 2.05) is 36.4 Å². The fraction of sp³-hybridized carbons (Fsp3) is 0.118. The molecule has 2 nitrogen and oxygen atoms in total. The number of rotatable bonds is 4. The number of allylic oxidation sites excluding steroid dienone is 1. The lowest BCUT2D eigenvalue weighted by Crippen LogP contribution is -1.97. The van der Waals surface area contributed by atoms with E-state index in [1.165, 1.54) is 4.90 Å². The summed E-state index contributed by atoms with van der Waals surface area (Å²) in [5, 5.41) is 12.4. The van der Waals surface area contributed by atoms with Crippen LogP contribution in [0.2, 0.25) is 0 Å². The third-order valence-corrected chi connectivity index (χ3v) is 3.79. The topological polar surface area (TPSA) is 32.6 Å². The van der Waals surface area contributed by atoms with Crippen LogP contribution in [0.4, 0.5) is 0 Å². The van der Waals surface area contributed by atoms with Crippen molar-refractivity contribution in [2.45, 2.75) is 11.8 Å². The highest BCUT2D eigenvalue weighted by Gasteiger charge is 2.06. The first kappa shape index (κ1) is 14.4. The molecule has 0 aliphatic rings. The molecule has 0 saturated heterocycles. The van der Waals surface area contributed by atoms with Crippen molar-refractivity contribution < 1.29 is 5.21 Å². The molecule has 0 aromatic heterocycles. The zero-order valence-electron chi connectivity index (χ0n) is 11.6. The van der Waals surface area contributed by atoms with E-state index in [4.69, 9.17) is 5.21 Å². The van der Waals surface area contributed by atoms with E-state index in [1.54, 1.807) is 18.7 Å². The molecule has 0 unspecified atom stereocenters. The van der Waals surface area contributed by atoms with Crippen molar-refractivity contribution in [1.29, 1.82) is 0 Å². The minimum atomic E-state index is 0.603. The van der Waals surface area contributed by atoms with Crippen molar-refractivity contribution in [3.8, 4) is 0 Å². The van der Waals surface area contributed by atoms with Crippen LogP contribution in [-0.4, -0.2) is 17.2 Å². The van der Waals surface area contributed by atoms with Gasteiger partial charge in [0.2, 0.25) is 0 Å². The summed E-state index contributed by atoms with van der Waals surface area (Å²) in [5.41, 5.74) is 3.65. The molecule has 0 saturated carbocycles. The standard InChI is InChI=1S/C17H17NOS/c1-13(18-19)17(12-14-6-4-3-5-7-14)15-8-10-16(20-2)11-9-15/h3-12,19H,1-2H3/b17-12-,18-13+. The number of hydrogen-bond acceptors (Lipinski definition) is 3. The summed E-state index contributed by atoms with van der Waals surface area (Å²) in [6, 6.07) is 18.3. The Labute approximate surface area is 123 Å². The molecule has 0 bridgehead atoms. The fourth-order valence-electron chi connectivity index (χ4n) is 1.94. The van der Waals surface area contributed by atoms with Gasteiger partial charge in [-0.3, -0.25) is 0 Å². The van der Waals surface area contributed by atoms with Crippen LogP contribution in [0.25, 0.3) is 11.6 Å². The van der Waals surface area contributed by atoms with Gasteiger partial charge in [0.1, 0.15) is 0 Å². The predicted octanol–water partition coefficient (Wildman–Crippen LogP) is 4.80. The summed E-state index contributed by atoms with van der Waals surface area (Å²) in [7, 11) is 0. The van der Waals surface area contributed by atoms with Gasteiger partial charge in [-0.2, -0.15) is 0 Å². The molecule has 2 aromatic carbocycles. The van der Waals surface area contributed by atoms with Crippen LogP contribution in [0.15, 0.2) is 64.6 Å². The van der Waals surface area contributed by atoms with E-state index in [9.17, 15) is 0 Å². The number of benzene rings is 2. The minimum Gasteiger partial charge on any atom is -0.411 e. The molecular formula is C17H17NOS. The molecule has 20 heavy (non-hydrogen) atoms. The van der Waals surface area contributed by atoms with Crippen molar-refractivity contribution in [2.24, 2.45) is 5.16 Å². The van der Waals surface area contributed by atoms with Crippen LogP contribution in [0.1, 0.15) is 18.1 Å². The van der Waals surface area contributed by atoms with Gasteiger partial charge in [-0.15, -0.1) is 11.8 Å². The Morgan fingerprint density at radius 2 is 1.70 bits per heavy atom. The van der Waals surface area contributed by atoms with Gasteiger partial charge < -0.3 is 5.21 Å². The molecule has 3 heteroatoms. The monoisotopic (exact) mass is 283 g/mol. The molecule has 0 amide bonds. The van der Waals surface area contributed by atoms with E-state index >= 15 is 0 Å². The van der Waals surface area contributed by atoms with E-state index in [2.05, 4.69) is 35.7 Å². The lowest BCUT2D eigenvalue weighted by atomic mass is 9.99. The van der Waals surface area contributed by atoms with E-state index in [0.717, 1.165) is 16.7 Å². The number of nitrogens with zero attached hydrogens (tertiary/aromatic N) is 1. The number of oxime groups is 1. The minimum absolute atomic E-state index is 0.603. The highest BCUT2D eigenvalue weighted by atomic mass is 32.2. The van der Waals surface area contributed by atoms with Crippen LogP contribution in [0.3, 0.4) is 0 Å². The Kier molecular flexibility index (Phi) is 5.02. The zero-order chi connectivity index (χ0) is 14.4. The van der Waals surface area contributed by atoms with Crippen LogP contribution in [-0.2, 0) is 0 Å². The Morgan fingerprint density at radius 1 is 1.05 bits per heavy atom. The Hall–Kier alpha value is -2.00. The molecule has 0 atom stereocenters. The SMILES string of the molecule is CSc1ccc(C(=C\c2ccccc2)/C(C)=N/O)cc1. The van der Waals surface area contributed by atoms with Gasteiger partial charge in [0, 0.05) is 10.5 Å². The van der Waals surface area contributed by atoms with E-state index in [0.29, 0.717) is 5.71 Å². The van der Waals surface area contributed by atoms with E-state index < -0.39 is 0 Å². The third-order valence-electron chi connectivity index (χ3n) is 3.05. The van der Waals surface area contributed by atoms with Gasteiger partial charge in [-0.05, 0) is 42.5 Å². The van der Waals surface area contributed by atoms with Crippen LogP contribution < -0.4 is 0 Å². The smallest absolute Gasteiger partial charge is 0.0843 e. The highest BCUT2D eigenvalue weighted by Crippen LogP contribution is 2.23. The average molecular weight is 283 g/mol. The molecule has 0 spiro atoms. The number of thioether (sulfide) groups is 1. The zero-order valence-corrected chi connectivity index (χ0v) is 12.4. The molecule has 0 radical (unpaired) electrons. The quantitative estimate of drug-likeness (QED) is 0.287. The normalized spacial score (nSPS) is 12.5. The first-order valence-electron chi connectivity index (χ1n) is 6.35. The molecule has 0 aliphatic carbocycles. The van der Waals surface area contributed by atoms with Crippen molar-refractivity contribution >= 4 is 29.1 Å². The molecule has 2 aromatic rings. The first-order chi connectivity index (χ1) is 9.74. The Bertz CT molecular complexity index is 615. The highest BCUT2D eigenvalue weighted by molar-refractivity contribution is 7.98. The molecule has 0 heterocycles. The predicted molar refractivity (Wildman–Crippen MR) is 87.4 cm³/mol. The first-order valence-corrected chi connectivity index (χ1v) is 7.57. The molecular weight excluding hydrogens is 266 g/mol. The molecule has 1 N–H and O–H groups in total. The summed E-state index contributed by atoms with van der Waals surface area (Å²) in [6.45, 7) is 1.80. The molecule has 0 fully saturated rings. The Balaban J connectivity index is 2.45. The molecule has 0 aliphatic heterocycles. The fourth-order valence-corrected chi connectivity index (χ4v) is 2.35. The van der Waals surface area contributed by atoms with Gasteiger partial charge in [0.15, 0.2) is 0 Å². The van der Waals surface area contributed by atoms with E-state index in [-0.39, 0.29) is 0 Å². The molecule has 2 rings (SSSR count). The van der Waals surface area contributed by atoms with Crippen molar-refractivity contribution in [3.63, 3.8) is 0 Å². The summed E-state index contributed by atoms with van der Waals surface area (Å²) < 4.78 is 0. The maximum atomic E-state index is 9.09. The summed E-state index contributed by atoms with van der Waals surface area (Å²) in [6.07, 6.45) is 4.08. The van der Waals surface area contributed by atoms with Gasteiger partial charge in [-0.25, -0.2) is 0 Å². The van der Waals surface area contributed by atoms with Gasteiger partial charge in [-0.1, -0.05) is 47.6 Å². The lowest BCUT2D eigenvalue weighted by molar-refractivity contribution is 0.319. The maximum absolute atomic E-state index is 9.09. The average Bonchev–Trinajstić information content (AvgIpc) is 2.53. The maximum Gasteiger partial charge on any atom is 0.0843 e. The van der Waals surface area contributed by atoms with Crippen LogP contribution >= 0.6 is 11.8 Å². The summed E-state index contributed by atoms with van der Waals surface area (Å²) in [4.78, 5) is 1.21. The lowest BCUT2D eigenvalue weighted by Gasteiger charge is -2.08. The summed E-state index contributed by atoms with van der Waals surface area (Å²) >= 11 is 1.71. The van der Waals surface area contributed by atoms with Crippen molar-refractivity contribution in [1.82, 2.24) is 0 Å². The van der Waals surface area contributed by atoms with Crippen molar-refractivity contribution in [2.75, 3.05) is 6.26 Å². The third kappa shape index (κ3) is 3.52. The van der Waals surface area contributed by atoms with Crippen molar-refractivity contribution in [3.05, 3.63) is 65.7 Å².